The number of aromatic amines is 1. The molecule has 0 aliphatic carbocycles. The van der Waals surface area contributed by atoms with E-state index in [0.717, 1.165) is 22.2 Å². The van der Waals surface area contributed by atoms with Gasteiger partial charge in [-0.05, 0) is 12.1 Å². The number of aromatic nitrogens is 2. The molecule has 7 heteroatoms. The molecule has 1 amide bonds. The van der Waals surface area contributed by atoms with E-state index in [1.54, 1.807) is 30.1 Å². The third-order valence-electron chi connectivity index (χ3n) is 4.55. The summed E-state index contributed by atoms with van der Waals surface area (Å²) in [5, 5.41) is 10.1. The SMILES string of the molecule is N#Cc1ccnc(OC2CCN(C(=O)CSc3c[nH]c4ccccc34)C2)c1. The van der Waals surface area contributed by atoms with Crippen molar-refractivity contribution in [1.82, 2.24) is 14.9 Å². The second kappa shape index (κ2) is 7.72. The average molecular weight is 378 g/mol. The number of hydrogen-bond donors (Lipinski definition) is 1. The summed E-state index contributed by atoms with van der Waals surface area (Å²) in [6.45, 7) is 1.22. The van der Waals surface area contributed by atoms with Crippen molar-refractivity contribution >= 4 is 28.6 Å². The molecule has 1 saturated heterocycles. The van der Waals surface area contributed by atoms with Gasteiger partial charge in [0.15, 0.2) is 0 Å². The first kappa shape index (κ1) is 17.4. The van der Waals surface area contributed by atoms with Crippen LogP contribution in [-0.2, 0) is 4.79 Å². The van der Waals surface area contributed by atoms with Crippen LogP contribution in [-0.4, -0.2) is 45.7 Å². The molecule has 3 aromatic rings. The standard InChI is InChI=1S/C20H18N4O2S/c21-10-14-5-7-22-19(9-14)26-15-6-8-24(12-15)20(25)13-27-18-11-23-17-4-2-1-3-16(17)18/h1-5,7,9,11,15,23H,6,8,12-13H2. The Morgan fingerprint density at radius 2 is 2.30 bits per heavy atom. The Balaban J connectivity index is 1.32. The number of nitriles is 1. The predicted octanol–water partition coefficient (Wildman–Crippen LogP) is 3.21. The molecule has 27 heavy (non-hydrogen) atoms. The van der Waals surface area contributed by atoms with Crippen LogP contribution in [0.2, 0.25) is 0 Å². The van der Waals surface area contributed by atoms with Gasteiger partial charge in [-0.15, -0.1) is 11.8 Å². The van der Waals surface area contributed by atoms with Gasteiger partial charge in [0, 0.05) is 47.2 Å². The molecule has 0 bridgehead atoms. The van der Waals surface area contributed by atoms with Gasteiger partial charge >= 0.3 is 0 Å². The smallest absolute Gasteiger partial charge is 0.233 e. The average Bonchev–Trinajstić information content (AvgIpc) is 3.33. The molecule has 0 saturated carbocycles. The van der Waals surface area contributed by atoms with Crippen LogP contribution in [0.4, 0.5) is 0 Å². The second-order valence-corrected chi connectivity index (χ2v) is 7.37. The summed E-state index contributed by atoms with van der Waals surface area (Å²) in [7, 11) is 0. The van der Waals surface area contributed by atoms with Crippen LogP contribution >= 0.6 is 11.8 Å². The first-order chi connectivity index (χ1) is 13.2. The number of pyridine rings is 1. The molecule has 6 nitrogen and oxygen atoms in total. The molecule has 136 valence electrons. The van der Waals surface area contributed by atoms with Crippen molar-refractivity contribution in [1.29, 1.82) is 5.26 Å². The minimum atomic E-state index is -0.0894. The number of ether oxygens (including phenoxy) is 1. The number of benzene rings is 1. The molecule has 1 fully saturated rings. The molecule has 1 atom stereocenters. The van der Waals surface area contributed by atoms with Crippen LogP contribution in [0.25, 0.3) is 10.9 Å². The van der Waals surface area contributed by atoms with Gasteiger partial charge in [0.1, 0.15) is 6.10 Å². The fourth-order valence-electron chi connectivity index (χ4n) is 3.16. The lowest BCUT2D eigenvalue weighted by atomic mass is 10.2. The van der Waals surface area contributed by atoms with Gasteiger partial charge in [0.2, 0.25) is 11.8 Å². The third-order valence-corrected chi connectivity index (χ3v) is 5.59. The minimum absolute atomic E-state index is 0.0894. The number of rotatable bonds is 5. The summed E-state index contributed by atoms with van der Waals surface area (Å²) in [5.74, 6) is 0.938. The maximum Gasteiger partial charge on any atom is 0.233 e. The van der Waals surface area contributed by atoms with Gasteiger partial charge in [-0.2, -0.15) is 5.26 Å². The van der Waals surface area contributed by atoms with E-state index in [9.17, 15) is 4.79 Å². The molecule has 1 aliphatic rings. The summed E-state index contributed by atoms with van der Waals surface area (Å²) in [6, 6.07) is 13.4. The van der Waals surface area contributed by atoms with Crippen LogP contribution in [0.3, 0.4) is 0 Å². The number of carbonyl (C=O) groups is 1. The van der Waals surface area contributed by atoms with Gasteiger partial charge in [-0.1, -0.05) is 18.2 Å². The van der Waals surface area contributed by atoms with Crippen molar-refractivity contribution in [2.24, 2.45) is 0 Å². The maximum absolute atomic E-state index is 12.6. The van der Waals surface area contributed by atoms with E-state index in [1.165, 1.54) is 0 Å². The van der Waals surface area contributed by atoms with Crippen molar-refractivity contribution in [3.8, 4) is 11.9 Å². The van der Waals surface area contributed by atoms with Gasteiger partial charge in [0.05, 0.1) is 23.9 Å². The number of carbonyl (C=O) groups excluding carboxylic acids is 1. The largest absolute Gasteiger partial charge is 0.472 e. The third kappa shape index (κ3) is 3.91. The summed E-state index contributed by atoms with van der Waals surface area (Å²) < 4.78 is 5.84. The molecule has 1 aliphatic heterocycles. The van der Waals surface area contributed by atoms with E-state index in [2.05, 4.69) is 22.1 Å². The Kier molecular flexibility index (Phi) is 4.99. The van der Waals surface area contributed by atoms with Crippen LogP contribution in [0, 0.1) is 11.3 Å². The maximum atomic E-state index is 12.6. The Bertz CT molecular complexity index is 1010. The number of nitrogens with one attached hydrogen (secondary N) is 1. The summed E-state index contributed by atoms with van der Waals surface area (Å²) in [6.07, 6.45) is 4.19. The predicted molar refractivity (Wildman–Crippen MR) is 104 cm³/mol. The fourth-order valence-corrected chi connectivity index (χ4v) is 4.10. The van der Waals surface area contributed by atoms with Gasteiger partial charge in [0.25, 0.3) is 0 Å². The first-order valence-corrected chi connectivity index (χ1v) is 9.71. The lowest BCUT2D eigenvalue weighted by molar-refractivity contribution is -0.127. The van der Waals surface area contributed by atoms with Crippen LogP contribution in [0.1, 0.15) is 12.0 Å². The summed E-state index contributed by atoms with van der Waals surface area (Å²) >= 11 is 1.55. The van der Waals surface area contributed by atoms with Crippen molar-refractivity contribution < 1.29 is 9.53 Å². The molecule has 2 aromatic heterocycles. The normalized spacial score (nSPS) is 16.4. The zero-order chi connectivity index (χ0) is 18.6. The van der Waals surface area contributed by atoms with Crippen molar-refractivity contribution in [3.63, 3.8) is 0 Å². The Morgan fingerprint density at radius 3 is 3.19 bits per heavy atom. The Morgan fingerprint density at radius 1 is 1.41 bits per heavy atom. The highest BCUT2D eigenvalue weighted by molar-refractivity contribution is 8.00. The number of para-hydroxylation sites is 1. The number of amides is 1. The van der Waals surface area contributed by atoms with Crippen LogP contribution in [0.15, 0.2) is 53.7 Å². The van der Waals surface area contributed by atoms with E-state index in [0.29, 0.717) is 30.3 Å². The zero-order valence-electron chi connectivity index (χ0n) is 14.6. The molecule has 3 heterocycles. The highest BCUT2D eigenvalue weighted by atomic mass is 32.2. The van der Waals surface area contributed by atoms with Crippen LogP contribution in [0.5, 0.6) is 5.88 Å². The van der Waals surface area contributed by atoms with Gasteiger partial charge in [-0.3, -0.25) is 4.79 Å². The highest BCUT2D eigenvalue weighted by Gasteiger charge is 2.28. The minimum Gasteiger partial charge on any atom is -0.472 e. The van der Waals surface area contributed by atoms with Crippen LogP contribution < -0.4 is 4.74 Å². The molecule has 4 rings (SSSR count). The number of fused-ring (bicyclic) bond motifs is 1. The number of H-pyrrole nitrogens is 1. The fraction of sp³-hybridized carbons (Fsp3) is 0.250. The first-order valence-electron chi connectivity index (χ1n) is 8.72. The van der Waals surface area contributed by atoms with Gasteiger partial charge < -0.3 is 14.6 Å². The molecular formula is C20H18N4O2S. The van der Waals surface area contributed by atoms with Crippen molar-refractivity contribution in [2.45, 2.75) is 17.4 Å². The molecule has 0 radical (unpaired) electrons. The zero-order valence-corrected chi connectivity index (χ0v) is 15.4. The van der Waals surface area contributed by atoms with E-state index in [4.69, 9.17) is 10.00 Å². The van der Waals surface area contributed by atoms with E-state index in [-0.39, 0.29) is 12.0 Å². The molecular weight excluding hydrogens is 360 g/mol. The molecule has 0 spiro atoms. The lowest BCUT2D eigenvalue weighted by Gasteiger charge is -2.16. The number of hydrogen-bond acceptors (Lipinski definition) is 5. The summed E-state index contributed by atoms with van der Waals surface area (Å²) in [4.78, 5) is 22.8. The van der Waals surface area contributed by atoms with E-state index >= 15 is 0 Å². The van der Waals surface area contributed by atoms with Crippen molar-refractivity contribution in [2.75, 3.05) is 18.8 Å². The molecule has 1 N–H and O–H groups in total. The van der Waals surface area contributed by atoms with E-state index < -0.39 is 0 Å². The number of nitrogens with zero attached hydrogens (tertiary/aromatic N) is 3. The number of thioether (sulfide) groups is 1. The van der Waals surface area contributed by atoms with Gasteiger partial charge in [-0.25, -0.2) is 4.98 Å². The number of likely N-dealkylation sites (tertiary alicyclic amines) is 1. The highest BCUT2D eigenvalue weighted by Crippen LogP contribution is 2.28. The Hall–Kier alpha value is -2.98. The lowest BCUT2D eigenvalue weighted by Crippen LogP contribution is -2.32. The molecule has 1 aromatic carbocycles. The monoisotopic (exact) mass is 378 g/mol. The topological polar surface area (TPSA) is 82.0 Å². The second-order valence-electron chi connectivity index (χ2n) is 6.35. The quantitative estimate of drug-likeness (QED) is 0.690. The Labute approximate surface area is 161 Å². The molecule has 1 unspecified atom stereocenters. The van der Waals surface area contributed by atoms with E-state index in [1.807, 2.05) is 29.3 Å². The van der Waals surface area contributed by atoms with Crippen molar-refractivity contribution in [3.05, 3.63) is 54.4 Å². The summed E-state index contributed by atoms with van der Waals surface area (Å²) in [5.41, 5.74) is 1.59.